The van der Waals surface area contributed by atoms with Crippen LogP contribution >= 0.6 is 0 Å². The first-order chi connectivity index (χ1) is 13.3. The standard InChI is InChI=1S/C21H15N5O/c27-21(26-24-14-16-7-3-4-11-23-16)18-12-20(15-6-5-10-22-13-15)25-19-9-2-1-8-17(18)19/h1-14H,(H,26,27). The van der Waals surface area contributed by atoms with E-state index >= 15 is 0 Å². The number of hydrogen-bond donors (Lipinski definition) is 1. The zero-order chi connectivity index (χ0) is 18.5. The van der Waals surface area contributed by atoms with Crippen LogP contribution in [0.5, 0.6) is 0 Å². The number of carbonyl (C=O) groups is 1. The number of amides is 1. The molecule has 1 N–H and O–H groups in total. The normalized spacial score (nSPS) is 11.0. The Labute approximate surface area is 155 Å². The zero-order valence-electron chi connectivity index (χ0n) is 14.3. The molecule has 3 heterocycles. The molecular weight excluding hydrogens is 338 g/mol. The molecule has 0 atom stereocenters. The lowest BCUT2D eigenvalue weighted by Crippen LogP contribution is -2.18. The van der Waals surface area contributed by atoms with E-state index in [1.807, 2.05) is 48.5 Å². The predicted molar refractivity (Wildman–Crippen MR) is 104 cm³/mol. The zero-order valence-corrected chi connectivity index (χ0v) is 14.3. The Kier molecular flexibility index (Phi) is 4.61. The van der Waals surface area contributed by atoms with Crippen molar-refractivity contribution in [1.29, 1.82) is 0 Å². The average Bonchev–Trinajstić information content (AvgIpc) is 2.74. The molecule has 1 amide bonds. The summed E-state index contributed by atoms with van der Waals surface area (Å²) >= 11 is 0. The first-order valence-corrected chi connectivity index (χ1v) is 8.36. The van der Waals surface area contributed by atoms with E-state index in [2.05, 4.69) is 25.5 Å². The molecule has 0 bridgehead atoms. The minimum Gasteiger partial charge on any atom is -0.267 e. The van der Waals surface area contributed by atoms with Crippen LogP contribution in [0.15, 0.2) is 84.4 Å². The third-order valence-corrected chi connectivity index (χ3v) is 3.97. The summed E-state index contributed by atoms with van der Waals surface area (Å²) in [6, 6.07) is 18.5. The minimum absolute atomic E-state index is 0.314. The number of nitrogens with zero attached hydrogens (tertiary/aromatic N) is 4. The highest BCUT2D eigenvalue weighted by Crippen LogP contribution is 2.24. The Morgan fingerprint density at radius 3 is 2.70 bits per heavy atom. The molecule has 27 heavy (non-hydrogen) atoms. The molecule has 0 aliphatic carbocycles. The molecule has 0 radical (unpaired) electrons. The second kappa shape index (κ2) is 7.53. The molecule has 6 nitrogen and oxygen atoms in total. The molecule has 1 aromatic carbocycles. The summed E-state index contributed by atoms with van der Waals surface area (Å²) in [6.07, 6.45) is 6.59. The highest BCUT2D eigenvalue weighted by Gasteiger charge is 2.13. The van der Waals surface area contributed by atoms with Gasteiger partial charge in [-0.3, -0.25) is 14.8 Å². The van der Waals surface area contributed by atoms with E-state index in [1.54, 1.807) is 30.7 Å². The second-order valence-electron chi connectivity index (χ2n) is 5.77. The molecule has 3 aromatic heterocycles. The number of nitrogens with one attached hydrogen (secondary N) is 1. The quantitative estimate of drug-likeness (QED) is 0.450. The van der Waals surface area contributed by atoms with Crippen molar-refractivity contribution in [3.05, 3.63) is 90.5 Å². The van der Waals surface area contributed by atoms with Gasteiger partial charge in [0.05, 0.1) is 28.7 Å². The molecule has 4 rings (SSSR count). The van der Waals surface area contributed by atoms with Crippen molar-refractivity contribution in [3.8, 4) is 11.3 Å². The molecule has 6 heteroatoms. The fourth-order valence-electron chi connectivity index (χ4n) is 2.70. The number of pyridine rings is 3. The van der Waals surface area contributed by atoms with Crippen LogP contribution in [0.1, 0.15) is 16.1 Å². The number of aromatic nitrogens is 3. The van der Waals surface area contributed by atoms with E-state index in [4.69, 9.17) is 0 Å². The van der Waals surface area contributed by atoms with Crippen molar-refractivity contribution in [2.45, 2.75) is 0 Å². The van der Waals surface area contributed by atoms with Gasteiger partial charge in [0.1, 0.15) is 0 Å². The van der Waals surface area contributed by atoms with Gasteiger partial charge in [-0.2, -0.15) is 5.10 Å². The molecule has 0 fully saturated rings. The lowest BCUT2D eigenvalue weighted by molar-refractivity contribution is 0.0956. The van der Waals surface area contributed by atoms with Crippen molar-refractivity contribution in [2.75, 3.05) is 0 Å². The van der Waals surface area contributed by atoms with Gasteiger partial charge in [0.2, 0.25) is 0 Å². The van der Waals surface area contributed by atoms with E-state index in [0.717, 1.165) is 16.5 Å². The van der Waals surface area contributed by atoms with Crippen molar-refractivity contribution < 1.29 is 4.79 Å². The molecule has 0 aliphatic heterocycles. The fourth-order valence-corrected chi connectivity index (χ4v) is 2.70. The van der Waals surface area contributed by atoms with Gasteiger partial charge in [0.15, 0.2) is 0 Å². The molecule has 0 saturated heterocycles. The van der Waals surface area contributed by atoms with Crippen LogP contribution in [0.25, 0.3) is 22.2 Å². The third-order valence-electron chi connectivity index (χ3n) is 3.97. The third kappa shape index (κ3) is 3.69. The Hall–Kier alpha value is -3.93. The minimum atomic E-state index is -0.314. The van der Waals surface area contributed by atoms with Crippen molar-refractivity contribution in [2.24, 2.45) is 5.10 Å². The highest BCUT2D eigenvalue weighted by molar-refractivity contribution is 6.07. The van der Waals surface area contributed by atoms with Gasteiger partial charge in [-0.1, -0.05) is 24.3 Å². The number of rotatable bonds is 4. The van der Waals surface area contributed by atoms with Crippen LogP contribution in [0.4, 0.5) is 0 Å². The van der Waals surface area contributed by atoms with Gasteiger partial charge in [-0.15, -0.1) is 0 Å². The van der Waals surface area contributed by atoms with Gasteiger partial charge in [0, 0.05) is 29.5 Å². The van der Waals surface area contributed by atoms with Gasteiger partial charge >= 0.3 is 0 Å². The van der Waals surface area contributed by atoms with E-state index in [-0.39, 0.29) is 5.91 Å². The van der Waals surface area contributed by atoms with Crippen LogP contribution < -0.4 is 5.43 Å². The number of hydrogen-bond acceptors (Lipinski definition) is 5. The summed E-state index contributed by atoms with van der Waals surface area (Å²) in [6.45, 7) is 0. The maximum Gasteiger partial charge on any atom is 0.272 e. The summed E-state index contributed by atoms with van der Waals surface area (Å²) in [4.78, 5) is 25.7. The summed E-state index contributed by atoms with van der Waals surface area (Å²) in [7, 11) is 0. The Morgan fingerprint density at radius 2 is 1.89 bits per heavy atom. The topological polar surface area (TPSA) is 80.1 Å². The highest BCUT2D eigenvalue weighted by atomic mass is 16.2. The van der Waals surface area contributed by atoms with Crippen LogP contribution in [0.3, 0.4) is 0 Å². The lowest BCUT2D eigenvalue weighted by Gasteiger charge is -2.08. The maximum atomic E-state index is 12.7. The average molecular weight is 353 g/mol. The van der Waals surface area contributed by atoms with Crippen LogP contribution in [-0.4, -0.2) is 27.1 Å². The van der Waals surface area contributed by atoms with E-state index in [0.29, 0.717) is 17.0 Å². The van der Waals surface area contributed by atoms with Crippen molar-refractivity contribution in [1.82, 2.24) is 20.4 Å². The SMILES string of the molecule is O=C(NN=Cc1ccccn1)c1cc(-c2cccnc2)nc2ccccc12. The lowest BCUT2D eigenvalue weighted by atomic mass is 10.0. The van der Waals surface area contributed by atoms with Crippen LogP contribution in [0, 0.1) is 0 Å². The molecule has 0 unspecified atom stereocenters. The van der Waals surface area contributed by atoms with E-state index in [9.17, 15) is 4.79 Å². The monoisotopic (exact) mass is 353 g/mol. The van der Waals surface area contributed by atoms with Gasteiger partial charge in [-0.25, -0.2) is 10.4 Å². The number of fused-ring (bicyclic) bond motifs is 1. The molecule has 0 saturated carbocycles. The Morgan fingerprint density at radius 1 is 1.00 bits per heavy atom. The fraction of sp³-hybridized carbons (Fsp3) is 0. The second-order valence-corrected chi connectivity index (χ2v) is 5.77. The van der Waals surface area contributed by atoms with Crippen LogP contribution in [0.2, 0.25) is 0 Å². The predicted octanol–water partition coefficient (Wildman–Crippen LogP) is 3.46. The smallest absolute Gasteiger partial charge is 0.267 e. The largest absolute Gasteiger partial charge is 0.272 e. The number of benzene rings is 1. The maximum absolute atomic E-state index is 12.7. The molecule has 0 spiro atoms. The Bertz CT molecular complexity index is 1110. The van der Waals surface area contributed by atoms with Crippen LogP contribution in [-0.2, 0) is 0 Å². The number of carbonyl (C=O) groups excluding carboxylic acids is 1. The summed E-state index contributed by atoms with van der Waals surface area (Å²) in [5.74, 6) is -0.314. The summed E-state index contributed by atoms with van der Waals surface area (Å²) in [5, 5.41) is 4.77. The first kappa shape index (κ1) is 16.5. The van der Waals surface area contributed by atoms with Gasteiger partial charge < -0.3 is 0 Å². The molecule has 130 valence electrons. The van der Waals surface area contributed by atoms with E-state index < -0.39 is 0 Å². The van der Waals surface area contributed by atoms with Crippen molar-refractivity contribution >= 4 is 23.0 Å². The first-order valence-electron chi connectivity index (χ1n) is 8.36. The number of para-hydroxylation sites is 1. The summed E-state index contributed by atoms with van der Waals surface area (Å²) < 4.78 is 0. The Balaban J connectivity index is 1.69. The molecule has 4 aromatic rings. The van der Waals surface area contributed by atoms with Gasteiger partial charge in [-0.05, 0) is 36.4 Å². The van der Waals surface area contributed by atoms with E-state index in [1.165, 1.54) is 6.21 Å². The number of hydrazone groups is 1. The van der Waals surface area contributed by atoms with Gasteiger partial charge in [0.25, 0.3) is 5.91 Å². The summed E-state index contributed by atoms with van der Waals surface area (Å²) in [5.41, 5.74) is 5.98. The molecular formula is C21H15N5O. The van der Waals surface area contributed by atoms with Crippen molar-refractivity contribution in [3.63, 3.8) is 0 Å². The molecule has 0 aliphatic rings.